The molecule has 0 bridgehead atoms. The molecule has 1 aromatic rings. The van der Waals surface area contributed by atoms with Crippen LogP contribution in [0.15, 0.2) is 0 Å². The van der Waals surface area contributed by atoms with Gasteiger partial charge in [0, 0.05) is 0 Å². The van der Waals surface area contributed by atoms with E-state index in [0.717, 1.165) is 0 Å². The van der Waals surface area contributed by atoms with Crippen molar-refractivity contribution in [1.29, 1.82) is 0 Å². The summed E-state index contributed by atoms with van der Waals surface area (Å²) >= 11 is 0. The maximum absolute atomic E-state index is 10.7. The van der Waals surface area contributed by atoms with Crippen molar-refractivity contribution in [3.8, 4) is 28.7 Å². The lowest BCUT2D eigenvalue weighted by Gasteiger charge is -2.26. The highest BCUT2D eigenvalue weighted by Gasteiger charge is 2.52. The van der Waals surface area contributed by atoms with Gasteiger partial charge in [0.1, 0.15) is 23.9 Å². The van der Waals surface area contributed by atoms with Crippen molar-refractivity contribution < 1.29 is 59.3 Å². The summed E-state index contributed by atoms with van der Waals surface area (Å²) < 4.78 is 20.6. The van der Waals surface area contributed by atoms with E-state index in [-0.39, 0.29) is 13.2 Å². The Hall–Kier alpha value is -2.26. The molecule has 2 aliphatic heterocycles. The van der Waals surface area contributed by atoms with Crippen LogP contribution in [0.3, 0.4) is 0 Å². The summed E-state index contributed by atoms with van der Waals surface area (Å²) in [6.07, 6.45) is -4.31. The summed E-state index contributed by atoms with van der Waals surface area (Å²) in [5.74, 6) is -4.48. The summed E-state index contributed by atoms with van der Waals surface area (Å²) in [7, 11) is 0. The molecule has 31 heavy (non-hydrogen) atoms. The molecular formula is C18H27NO12. The van der Waals surface area contributed by atoms with E-state index in [0.29, 0.717) is 18.4 Å². The summed E-state index contributed by atoms with van der Waals surface area (Å²) in [6, 6.07) is 0. The smallest absolute Gasteiger partial charge is 0.453 e. The fourth-order valence-corrected chi connectivity index (χ4v) is 2.75. The Kier molecular flexibility index (Phi) is 6.05. The van der Waals surface area contributed by atoms with Crippen LogP contribution in [0.5, 0.6) is 28.7 Å². The molecule has 0 radical (unpaired) electrons. The Labute approximate surface area is 177 Å². The third-order valence-corrected chi connectivity index (χ3v) is 5.10. The van der Waals surface area contributed by atoms with E-state index in [9.17, 15) is 30.6 Å². The first-order chi connectivity index (χ1) is 14.2. The molecule has 0 saturated carbocycles. The number of benzene rings is 1. The topological polar surface area (TPSA) is 180 Å². The largest absolute Gasteiger partial charge is 0.503 e. The van der Waals surface area contributed by atoms with Crippen LogP contribution in [0.1, 0.15) is 27.7 Å². The molecule has 0 spiro atoms. The van der Waals surface area contributed by atoms with Gasteiger partial charge in [-0.25, -0.2) is 9.68 Å². The fraction of sp³-hybridized carbons (Fsp3) is 0.667. The lowest BCUT2D eigenvalue weighted by atomic mass is 9.90. The second kappa shape index (κ2) is 8.02. The molecule has 0 unspecified atom stereocenters. The highest BCUT2D eigenvalue weighted by molar-refractivity contribution is 5.79. The standard InChI is InChI=1S/C18H27NO12/c1-16(2)17(3,4)31-19(30-16)10-11(20)13(22)14(15(12(10)21)29-18(23,24)25)28-8-9-7-26-5-6-27-9/h9,20-25H,5-8H2,1-4H3/t9-/m1/s1. The zero-order valence-corrected chi connectivity index (χ0v) is 17.5. The van der Waals surface area contributed by atoms with Crippen molar-refractivity contribution in [3.05, 3.63) is 0 Å². The Balaban J connectivity index is 2.02. The second-order valence-electron chi connectivity index (χ2n) is 8.07. The van der Waals surface area contributed by atoms with Gasteiger partial charge in [-0.1, -0.05) is 0 Å². The fourth-order valence-electron chi connectivity index (χ4n) is 2.75. The number of rotatable bonds is 6. The Morgan fingerprint density at radius 2 is 1.55 bits per heavy atom. The van der Waals surface area contributed by atoms with Crippen molar-refractivity contribution in [1.82, 2.24) is 0 Å². The predicted molar refractivity (Wildman–Crippen MR) is 100 cm³/mol. The van der Waals surface area contributed by atoms with Gasteiger partial charge < -0.3 is 49.6 Å². The first kappa shape index (κ1) is 23.4. The van der Waals surface area contributed by atoms with Crippen LogP contribution in [-0.2, 0) is 19.1 Å². The van der Waals surface area contributed by atoms with E-state index in [1.807, 2.05) is 0 Å². The van der Waals surface area contributed by atoms with Crippen LogP contribution < -0.4 is 14.7 Å². The molecule has 176 valence electrons. The van der Waals surface area contributed by atoms with Crippen molar-refractivity contribution in [2.75, 3.05) is 31.7 Å². The van der Waals surface area contributed by atoms with E-state index in [1.165, 1.54) is 0 Å². The average Bonchev–Trinajstić information content (AvgIpc) is 2.86. The van der Waals surface area contributed by atoms with E-state index >= 15 is 0 Å². The van der Waals surface area contributed by atoms with Gasteiger partial charge in [-0.15, -0.1) is 5.23 Å². The third-order valence-electron chi connectivity index (χ3n) is 5.10. The molecule has 0 amide bonds. The number of aromatic hydroxyl groups is 3. The SMILES string of the molecule is CC1(C)ON(c2c(O)c(O)c(OC[C@H]3COCCO3)c(OC(O)(O)O)c2O)OC1(C)C. The average molecular weight is 449 g/mol. The van der Waals surface area contributed by atoms with Gasteiger partial charge >= 0.3 is 6.16 Å². The van der Waals surface area contributed by atoms with Crippen LogP contribution in [0.2, 0.25) is 0 Å². The molecule has 0 aromatic heterocycles. The van der Waals surface area contributed by atoms with Crippen molar-refractivity contribution in [2.45, 2.75) is 51.2 Å². The zero-order chi connectivity index (χ0) is 23.2. The molecule has 0 aliphatic carbocycles. The molecular weight excluding hydrogens is 422 g/mol. The van der Waals surface area contributed by atoms with Gasteiger partial charge in [0.15, 0.2) is 17.2 Å². The highest BCUT2D eigenvalue weighted by Crippen LogP contribution is 2.58. The van der Waals surface area contributed by atoms with Crippen LogP contribution in [0.25, 0.3) is 0 Å². The Morgan fingerprint density at radius 3 is 2.06 bits per heavy atom. The van der Waals surface area contributed by atoms with Crippen LogP contribution >= 0.6 is 0 Å². The van der Waals surface area contributed by atoms with E-state index < -0.39 is 57.9 Å². The normalized spacial score (nSPS) is 23.1. The van der Waals surface area contributed by atoms with Gasteiger partial charge in [-0.3, -0.25) is 0 Å². The second-order valence-corrected chi connectivity index (χ2v) is 8.07. The highest BCUT2D eigenvalue weighted by atomic mass is 17.0. The van der Waals surface area contributed by atoms with Crippen molar-refractivity contribution in [2.24, 2.45) is 0 Å². The lowest BCUT2D eigenvalue weighted by molar-refractivity contribution is -0.420. The molecule has 1 atom stereocenters. The van der Waals surface area contributed by atoms with Gasteiger partial charge in [0.05, 0.1) is 19.8 Å². The lowest BCUT2D eigenvalue weighted by Crippen LogP contribution is -2.41. The molecule has 2 heterocycles. The minimum Gasteiger partial charge on any atom is -0.503 e. The molecule has 13 heteroatoms. The first-order valence-electron chi connectivity index (χ1n) is 9.41. The molecule has 1 aromatic carbocycles. The quantitative estimate of drug-likeness (QED) is 0.191. The molecule has 2 saturated heterocycles. The molecule has 2 fully saturated rings. The number of nitrogens with zero attached hydrogens (tertiary/aromatic N) is 1. The van der Waals surface area contributed by atoms with E-state index in [1.54, 1.807) is 27.7 Å². The van der Waals surface area contributed by atoms with Crippen LogP contribution in [0, 0.1) is 0 Å². The maximum Gasteiger partial charge on any atom is 0.453 e. The molecule has 6 N–H and O–H groups in total. The van der Waals surface area contributed by atoms with Gasteiger partial charge in [-0.05, 0) is 27.7 Å². The minimum absolute atomic E-state index is 0.177. The molecule has 13 nitrogen and oxygen atoms in total. The maximum atomic E-state index is 10.7. The summed E-state index contributed by atoms with van der Waals surface area (Å²) in [4.78, 5) is 11.2. The van der Waals surface area contributed by atoms with Crippen LogP contribution in [-0.4, -0.2) is 80.5 Å². The number of aliphatic hydroxyl groups is 3. The van der Waals surface area contributed by atoms with Gasteiger partial charge in [0.2, 0.25) is 17.2 Å². The zero-order valence-electron chi connectivity index (χ0n) is 17.5. The summed E-state index contributed by atoms with van der Waals surface area (Å²) in [5.41, 5.74) is -2.50. The van der Waals surface area contributed by atoms with Gasteiger partial charge in [0.25, 0.3) is 0 Å². The number of phenolic OH excluding ortho intramolecular Hbond substituents is 3. The minimum atomic E-state index is -3.76. The van der Waals surface area contributed by atoms with Crippen molar-refractivity contribution in [3.63, 3.8) is 0 Å². The molecule has 2 aliphatic rings. The van der Waals surface area contributed by atoms with Crippen LogP contribution in [0.4, 0.5) is 5.69 Å². The Bertz CT molecular complexity index is 797. The molecule has 3 rings (SSSR count). The first-order valence-corrected chi connectivity index (χ1v) is 9.41. The third kappa shape index (κ3) is 4.67. The number of hydrogen-bond acceptors (Lipinski definition) is 13. The number of anilines is 1. The van der Waals surface area contributed by atoms with Crippen molar-refractivity contribution >= 4 is 5.69 Å². The monoisotopic (exact) mass is 449 g/mol. The van der Waals surface area contributed by atoms with E-state index in [4.69, 9.17) is 23.9 Å². The van der Waals surface area contributed by atoms with E-state index in [2.05, 4.69) is 4.74 Å². The Morgan fingerprint density at radius 1 is 0.935 bits per heavy atom. The number of phenols is 3. The summed E-state index contributed by atoms with van der Waals surface area (Å²) in [6.45, 7) is 7.39. The number of hydrogen-bond donors (Lipinski definition) is 6. The predicted octanol–water partition coefficient (Wildman–Crippen LogP) is -0.195. The summed E-state index contributed by atoms with van der Waals surface area (Å²) in [5, 5.41) is 60.2. The number of ether oxygens (including phenoxy) is 4. The van der Waals surface area contributed by atoms with Gasteiger partial charge in [-0.2, -0.15) is 0 Å².